The molecule has 1 aromatic heterocycles. The lowest BCUT2D eigenvalue weighted by molar-refractivity contribution is 0.540. The summed E-state index contributed by atoms with van der Waals surface area (Å²) in [4.78, 5) is 0. The van der Waals surface area contributed by atoms with Gasteiger partial charge >= 0.3 is 0 Å². The molecule has 0 saturated carbocycles. The number of aryl methyl sites for hydroxylation is 1. The summed E-state index contributed by atoms with van der Waals surface area (Å²) in [7, 11) is 0. The van der Waals surface area contributed by atoms with Gasteiger partial charge in [-0.05, 0) is 25.5 Å². The van der Waals surface area contributed by atoms with Gasteiger partial charge in [0.05, 0.1) is 29.7 Å². The van der Waals surface area contributed by atoms with Crippen LogP contribution in [0.4, 0.5) is 0 Å². The molecule has 0 saturated heterocycles. The first kappa shape index (κ1) is 12.2. The van der Waals surface area contributed by atoms with E-state index in [0.717, 1.165) is 18.7 Å². The number of aromatic nitrogens is 2. The van der Waals surface area contributed by atoms with Gasteiger partial charge in [0.2, 0.25) is 0 Å². The molecular weight excluding hydrogens is 230 g/mol. The molecular formula is C13H17N3S. The SMILES string of the molecule is CCNC(Cc1cccc(C)c1)c1cnsn1. The van der Waals surface area contributed by atoms with E-state index in [2.05, 4.69) is 52.2 Å². The lowest BCUT2D eigenvalue weighted by Gasteiger charge is -2.15. The molecule has 1 heterocycles. The Morgan fingerprint density at radius 1 is 1.41 bits per heavy atom. The minimum absolute atomic E-state index is 0.264. The number of benzene rings is 1. The molecule has 1 N–H and O–H groups in total. The maximum atomic E-state index is 4.32. The third-order valence-electron chi connectivity index (χ3n) is 2.71. The summed E-state index contributed by atoms with van der Waals surface area (Å²) >= 11 is 1.27. The van der Waals surface area contributed by atoms with E-state index in [1.165, 1.54) is 22.9 Å². The van der Waals surface area contributed by atoms with Gasteiger partial charge < -0.3 is 5.32 Å². The Balaban J connectivity index is 2.13. The molecule has 4 heteroatoms. The highest BCUT2D eigenvalue weighted by Crippen LogP contribution is 2.17. The molecule has 2 aromatic rings. The van der Waals surface area contributed by atoms with Gasteiger partial charge in [-0.25, -0.2) is 0 Å². The fourth-order valence-electron chi connectivity index (χ4n) is 1.93. The third-order valence-corrected chi connectivity index (χ3v) is 3.20. The van der Waals surface area contributed by atoms with Crippen molar-refractivity contribution in [1.29, 1.82) is 0 Å². The van der Waals surface area contributed by atoms with Crippen LogP contribution in [0.25, 0.3) is 0 Å². The molecule has 0 fully saturated rings. The van der Waals surface area contributed by atoms with Crippen molar-refractivity contribution in [3.8, 4) is 0 Å². The van der Waals surface area contributed by atoms with Gasteiger partial charge in [-0.1, -0.05) is 36.8 Å². The van der Waals surface area contributed by atoms with E-state index in [4.69, 9.17) is 0 Å². The average Bonchev–Trinajstić information content (AvgIpc) is 2.82. The molecule has 0 amide bonds. The van der Waals surface area contributed by atoms with Gasteiger partial charge in [0.25, 0.3) is 0 Å². The molecule has 1 aromatic carbocycles. The lowest BCUT2D eigenvalue weighted by atomic mass is 10.0. The normalized spacial score (nSPS) is 12.6. The largest absolute Gasteiger partial charge is 0.309 e. The van der Waals surface area contributed by atoms with Crippen LogP contribution in [-0.4, -0.2) is 15.3 Å². The van der Waals surface area contributed by atoms with E-state index < -0.39 is 0 Å². The van der Waals surface area contributed by atoms with E-state index in [1.54, 1.807) is 0 Å². The molecule has 90 valence electrons. The zero-order valence-electron chi connectivity index (χ0n) is 10.2. The van der Waals surface area contributed by atoms with Crippen molar-refractivity contribution in [2.75, 3.05) is 6.54 Å². The number of rotatable bonds is 5. The molecule has 0 spiro atoms. The van der Waals surface area contributed by atoms with Gasteiger partial charge in [0.15, 0.2) is 0 Å². The number of hydrogen-bond acceptors (Lipinski definition) is 4. The fraction of sp³-hybridized carbons (Fsp3) is 0.385. The van der Waals surface area contributed by atoms with Crippen molar-refractivity contribution in [2.45, 2.75) is 26.3 Å². The second-order valence-electron chi connectivity index (χ2n) is 4.14. The summed E-state index contributed by atoms with van der Waals surface area (Å²) in [5.41, 5.74) is 3.68. The first-order valence-electron chi connectivity index (χ1n) is 5.86. The van der Waals surface area contributed by atoms with Gasteiger partial charge in [0.1, 0.15) is 0 Å². The van der Waals surface area contributed by atoms with Crippen molar-refractivity contribution in [3.63, 3.8) is 0 Å². The first-order chi connectivity index (χ1) is 8.29. The highest BCUT2D eigenvalue weighted by Gasteiger charge is 2.13. The third kappa shape index (κ3) is 3.35. The van der Waals surface area contributed by atoms with E-state index in [-0.39, 0.29) is 6.04 Å². The molecule has 1 unspecified atom stereocenters. The predicted molar refractivity (Wildman–Crippen MR) is 71.2 cm³/mol. The predicted octanol–water partition coefficient (Wildman–Crippen LogP) is 2.74. The van der Waals surface area contributed by atoms with Gasteiger partial charge in [-0.2, -0.15) is 8.75 Å². The van der Waals surface area contributed by atoms with Crippen molar-refractivity contribution in [2.24, 2.45) is 0 Å². The standard InChI is InChI=1S/C13H17N3S/c1-3-14-12(13-9-15-17-16-13)8-11-6-4-5-10(2)7-11/h4-7,9,12,14H,3,8H2,1-2H3. The maximum absolute atomic E-state index is 4.32. The summed E-state index contributed by atoms with van der Waals surface area (Å²) in [5.74, 6) is 0. The summed E-state index contributed by atoms with van der Waals surface area (Å²) in [6.07, 6.45) is 2.81. The van der Waals surface area contributed by atoms with Gasteiger partial charge in [-0.3, -0.25) is 0 Å². The summed E-state index contributed by atoms with van der Waals surface area (Å²) < 4.78 is 8.40. The summed E-state index contributed by atoms with van der Waals surface area (Å²) in [5, 5.41) is 3.46. The molecule has 1 atom stereocenters. The minimum atomic E-state index is 0.264. The number of hydrogen-bond donors (Lipinski definition) is 1. The van der Waals surface area contributed by atoms with E-state index in [9.17, 15) is 0 Å². The molecule has 3 nitrogen and oxygen atoms in total. The quantitative estimate of drug-likeness (QED) is 0.883. The Kier molecular flexibility index (Phi) is 4.23. The van der Waals surface area contributed by atoms with Crippen molar-refractivity contribution in [3.05, 3.63) is 47.3 Å². The lowest BCUT2D eigenvalue weighted by Crippen LogP contribution is -2.23. The first-order valence-corrected chi connectivity index (χ1v) is 6.59. The molecule has 0 aliphatic carbocycles. The Bertz CT molecular complexity index is 453. The Hall–Kier alpha value is -1.26. The zero-order chi connectivity index (χ0) is 12.1. The van der Waals surface area contributed by atoms with Crippen LogP contribution in [-0.2, 0) is 6.42 Å². The van der Waals surface area contributed by atoms with Crippen LogP contribution >= 0.6 is 11.7 Å². The van der Waals surface area contributed by atoms with Crippen LogP contribution in [0, 0.1) is 6.92 Å². The molecule has 0 radical (unpaired) electrons. The molecule has 2 rings (SSSR count). The van der Waals surface area contributed by atoms with Crippen LogP contribution in [0.5, 0.6) is 0 Å². The molecule has 0 bridgehead atoms. The molecule has 0 aliphatic rings. The smallest absolute Gasteiger partial charge is 0.0915 e. The average molecular weight is 247 g/mol. The van der Waals surface area contributed by atoms with Gasteiger partial charge in [0, 0.05) is 0 Å². The van der Waals surface area contributed by atoms with Crippen LogP contribution in [0.1, 0.15) is 29.8 Å². The van der Waals surface area contributed by atoms with Crippen LogP contribution in [0.15, 0.2) is 30.5 Å². The summed E-state index contributed by atoms with van der Waals surface area (Å²) in [6.45, 7) is 5.17. The zero-order valence-corrected chi connectivity index (χ0v) is 11.0. The Morgan fingerprint density at radius 3 is 2.94 bits per heavy atom. The monoisotopic (exact) mass is 247 g/mol. The second-order valence-corrected chi connectivity index (χ2v) is 4.69. The van der Waals surface area contributed by atoms with Crippen LogP contribution in [0.3, 0.4) is 0 Å². The number of nitrogens with one attached hydrogen (secondary N) is 1. The highest BCUT2D eigenvalue weighted by atomic mass is 32.1. The van der Waals surface area contributed by atoms with E-state index >= 15 is 0 Å². The molecule has 0 aliphatic heterocycles. The van der Waals surface area contributed by atoms with E-state index in [1.807, 2.05) is 6.20 Å². The Labute approximate surface area is 106 Å². The van der Waals surface area contributed by atoms with Crippen LogP contribution in [0.2, 0.25) is 0 Å². The highest BCUT2D eigenvalue weighted by molar-refractivity contribution is 6.99. The Morgan fingerprint density at radius 2 is 2.29 bits per heavy atom. The second kappa shape index (κ2) is 5.89. The van der Waals surface area contributed by atoms with Crippen molar-refractivity contribution in [1.82, 2.24) is 14.1 Å². The fourth-order valence-corrected chi connectivity index (χ4v) is 2.40. The topological polar surface area (TPSA) is 37.8 Å². The minimum Gasteiger partial charge on any atom is -0.309 e. The van der Waals surface area contributed by atoms with Gasteiger partial charge in [-0.15, -0.1) is 0 Å². The number of likely N-dealkylation sites (N-methyl/N-ethyl adjacent to an activating group) is 1. The summed E-state index contributed by atoms with van der Waals surface area (Å²) in [6, 6.07) is 8.88. The maximum Gasteiger partial charge on any atom is 0.0915 e. The van der Waals surface area contributed by atoms with Crippen molar-refractivity contribution >= 4 is 11.7 Å². The van der Waals surface area contributed by atoms with E-state index in [0.29, 0.717) is 0 Å². The number of nitrogens with zero attached hydrogens (tertiary/aromatic N) is 2. The van der Waals surface area contributed by atoms with Crippen LogP contribution < -0.4 is 5.32 Å². The van der Waals surface area contributed by atoms with Crippen molar-refractivity contribution < 1.29 is 0 Å². The molecule has 17 heavy (non-hydrogen) atoms.